The summed E-state index contributed by atoms with van der Waals surface area (Å²) >= 11 is 0. The van der Waals surface area contributed by atoms with Crippen molar-refractivity contribution < 1.29 is 28.2 Å². The Bertz CT molecular complexity index is 1030. The molecule has 3 aromatic rings. The highest BCUT2D eigenvalue weighted by Gasteiger charge is 2.19. The molecule has 0 aliphatic rings. The fourth-order valence-corrected chi connectivity index (χ4v) is 2.85. The van der Waals surface area contributed by atoms with Crippen molar-refractivity contribution in [3.05, 3.63) is 53.3 Å². The van der Waals surface area contributed by atoms with Crippen LogP contribution in [0.4, 0.5) is 0 Å². The van der Waals surface area contributed by atoms with E-state index in [1.54, 1.807) is 25.1 Å². The van der Waals surface area contributed by atoms with E-state index in [4.69, 9.17) is 18.6 Å². The average Bonchev–Trinajstić information content (AvgIpc) is 3.07. The summed E-state index contributed by atoms with van der Waals surface area (Å²) in [7, 11) is 2.97. The van der Waals surface area contributed by atoms with Crippen LogP contribution in [0.5, 0.6) is 17.2 Å². The Balaban J connectivity index is 1.75. The van der Waals surface area contributed by atoms with Crippen LogP contribution in [0, 0.1) is 6.92 Å². The molecule has 0 aliphatic carbocycles. The van der Waals surface area contributed by atoms with Gasteiger partial charge in [0.1, 0.15) is 22.8 Å². The SMILES string of the molecule is CCOc1ccc2oc(C(=O)NNC(=O)c3cc(OC)cc(OC)c3)c(C)c2c1. The third-order valence-corrected chi connectivity index (χ3v) is 4.33. The molecule has 0 aliphatic heterocycles. The number of benzene rings is 2. The minimum absolute atomic E-state index is 0.108. The molecular weight excluding hydrogens is 376 g/mol. The van der Waals surface area contributed by atoms with Gasteiger partial charge in [0.2, 0.25) is 0 Å². The van der Waals surface area contributed by atoms with Gasteiger partial charge in [-0.05, 0) is 44.2 Å². The predicted molar refractivity (Wildman–Crippen MR) is 107 cm³/mol. The van der Waals surface area contributed by atoms with E-state index in [1.807, 2.05) is 13.0 Å². The Labute approximate surface area is 167 Å². The molecule has 0 atom stereocenters. The van der Waals surface area contributed by atoms with Gasteiger partial charge in [-0.2, -0.15) is 0 Å². The van der Waals surface area contributed by atoms with E-state index in [1.165, 1.54) is 26.4 Å². The minimum Gasteiger partial charge on any atom is -0.497 e. The molecule has 0 saturated heterocycles. The summed E-state index contributed by atoms with van der Waals surface area (Å²) < 4.78 is 21.4. The zero-order valence-corrected chi connectivity index (χ0v) is 16.6. The van der Waals surface area contributed by atoms with Crippen LogP contribution < -0.4 is 25.1 Å². The number of carbonyl (C=O) groups is 2. The number of hydrogen-bond donors (Lipinski definition) is 2. The normalized spacial score (nSPS) is 10.5. The Kier molecular flexibility index (Phi) is 5.92. The first-order valence-electron chi connectivity index (χ1n) is 8.96. The van der Waals surface area contributed by atoms with Gasteiger partial charge < -0.3 is 18.6 Å². The number of nitrogens with one attached hydrogen (secondary N) is 2. The van der Waals surface area contributed by atoms with Gasteiger partial charge in [0.25, 0.3) is 5.91 Å². The minimum atomic E-state index is -0.570. The summed E-state index contributed by atoms with van der Waals surface area (Å²) in [4.78, 5) is 24.9. The summed E-state index contributed by atoms with van der Waals surface area (Å²) in [6.45, 7) is 4.20. The number of aryl methyl sites for hydroxylation is 1. The number of fused-ring (bicyclic) bond motifs is 1. The quantitative estimate of drug-likeness (QED) is 0.619. The molecule has 0 radical (unpaired) electrons. The topological polar surface area (TPSA) is 99.0 Å². The van der Waals surface area contributed by atoms with E-state index < -0.39 is 11.8 Å². The summed E-state index contributed by atoms with van der Waals surface area (Å²) in [5.74, 6) is 0.620. The third kappa shape index (κ3) is 4.26. The number of ether oxygens (including phenoxy) is 3. The molecule has 1 heterocycles. The molecule has 2 N–H and O–H groups in total. The van der Waals surface area contributed by atoms with E-state index in [-0.39, 0.29) is 11.3 Å². The predicted octanol–water partition coefficient (Wildman–Crippen LogP) is 3.23. The summed E-state index contributed by atoms with van der Waals surface area (Å²) in [6.07, 6.45) is 0. The molecule has 0 bridgehead atoms. The number of hydrazine groups is 1. The molecule has 2 aromatic carbocycles. The fraction of sp³-hybridized carbons (Fsp3) is 0.238. The smallest absolute Gasteiger partial charge is 0.305 e. The lowest BCUT2D eigenvalue weighted by atomic mass is 10.1. The highest BCUT2D eigenvalue weighted by Crippen LogP contribution is 2.29. The molecule has 152 valence electrons. The van der Waals surface area contributed by atoms with Crippen LogP contribution in [-0.4, -0.2) is 32.6 Å². The molecule has 0 fully saturated rings. The third-order valence-electron chi connectivity index (χ3n) is 4.33. The van der Waals surface area contributed by atoms with E-state index in [9.17, 15) is 9.59 Å². The Morgan fingerprint density at radius 1 is 0.931 bits per heavy atom. The molecule has 0 saturated carbocycles. The van der Waals surface area contributed by atoms with Crippen molar-refractivity contribution in [1.82, 2.24) is 10.9 Å². The molecule has 8 nitrogen and oxygen atoms in total. The van der Waals surface area contributed by atoms with Crippen LogP contribution in [0.1, 0.15) is 33.4 Å². The second-order valence-corrected chi connectivity index (χ2v) is 6.16. The van der Waals surface area contributed by atoms with Crippen molar-refractivity contribution in [2.24, 2.45) is 0 Å². The lowest BCUT2D eigenvalue weighted by Crippen LogP contribution is -2.41. The van der Waals surface area contributed by atoms with Crippen molar-refractivity contribution in [2.75, 3.05) is 20.8 Å². The van der Waals surface area contributed by atoms with Crippen molar-refractivity contribution in [2.45, 2.75) is 13.8 Å². The largest absolute Gasteiger partial charge is 0.497 e. The number of rotatable bonds is 6. The van der Waals surface area contributed by atoms with Gasteiger partial charge in [-0.1, -0.05) is 0 Å². The van der Waals surface area contributed by atoms with Crippen LogP contribution in [0.2, 0.25) is 0 Å². The Morgan fingerprint density at radius 3 is 2.21 bits per heavy atom. The van der Waals surface area contributed by atoms with Gasteiger partial charge in [0, 0.05) is 22.6 Å². The van der Waals surface area contributed by atoms with Gasteiger partial charge in [0.15, 0.2) is 5.76 Å². The number of methoxy groups -OCH3 is 2. The van der Waals surface area contributed by atoms with Crippen LogP contribution in [-0.2, 0) is 0 Å². The lowest BCUT2D eigenvalue weighted by molar-refractivity contribution is 0.0831. The van der Waals surface area contributed by atoms with E-state index in [0.29, 0.717) is 35.0 Å². The second kappa shape index (κ2) is 8.55. The summed E-state index contributed by atoms with van der Waals surface area (Å²) in [5, 5.41) is 0.768. The number of hydrogen-bond acceptors (Lipinski definition) is 6. The highest BCUT2D eigenvalue weighted by molar-refractivity contribution is 6.01. The average molecular weight is 398 g/mol. The maximum Gasteiger partial charge on any atom is 0.305 e. The standard InChI is InChI=1S/C21H22N2O6/c1-5-28-14-6-7-18-17(11-14)12(2)19(29-18)21(25)23-22-20(24)13-8-15(26-3)10-16(9-13)27-4/h6-11H,5H2,1-4H3,(H,22,24)(H,23,25). The van der Waals surface area contributed by atoms with Crippen molar-refractivity contribution in [1.29, 1.82) is 0 Å². The first-order valence-corrected chi connectivity index (χ1v) is 8.96. The molecule has 0 spiro atoms. The molecule has 29 heavy (non-hydrogen) atoms. The van der Waals surface area contributed by atoms with Crippen molar-refractivity contribution in [3.8, 4) is 17.2 Å². The number of carbonyl (C=O) groups excluding carboxylic acids is 2. The van der Waals surface area contributed by atoms with Crippen molar-refractivity contribution >= 4 is 22.8 Å². The lowest BCUT2D eigenvalue weighted by Gasteiger charge is -2.09. The van der Waals surface area contributed by atoms with Gasteiger partial charge >= 0.3 is 5.91 Å². The summed E-state index contributed by atoms with van der Waals surface area (Å²) in [5.41, 5.74) is 6.21. The van der Waals surface area contributed by atoms with Crippen molar-refractivity contribution in [3.63, 3.8) is 0 Å². The zero-order valence-electron chi connectivity index (χ0n) is 16.6. The first-order chi connectivity index (χ1) is 14.0. The van der Waals surface area contributed by atoms with Crippen LogP contribution >= 0.6 is 0 Å². The Morgan fingerprint density at radius 2 is 1.59 bits per heavy atom. The van der Waals surface area contributed by atoms with Crippen LogP contribution in [0.25, 0.3) is 11.0 Å². The maximum absolute atomic E-state index is 12.5. The molecule has 2 amide bonds. The second-order valence-electron chi connectivity index (χ2n) is 6.16. The van der Waals surface area contributed by atoms with E-state index >= 15 is 0 Å². The summed E-state index contributed by atoms with van der Waals surface area (Å²) in [6, 6.07) is 10.0. The van der Waals surface area contributed by atoms with Gasteiger partial charge in [0.05, 0.1) is 20.8 Å². The molecule has 1 aromatic heterocycles. The van der Waals surface area contributed by atoms with Crippen LogP contribution in [0.3, 0.4) is 0 Å². The number of amides is 2. The van der Waals surface area contributed by atoms with E-state index in [2.05, 4.69) is 10.9 Å². The Hall–Kier alpha value is -3.68. The van der Waals surface area contributed by atoms with Gasteiger partial charge in [-0.15, -0.1) is 0 Å². The monoisotopic (exact) mass is 398 g/mol. The molecular formula is C21H22N2O6. The van der Waals surface area contributed by atoms with E-state index in [0.717, 1.165) is 5.39 Å². The number of furan rings is 1. The fourth-order valence-electron chi connectivity index (χ4n) is 2.85. The zero-order chi connectivity index (χ0) is 21.0. The van der Waals surface area contributed by atoms with Gasteiger partial charge in [-0.3, -0.25) is 20.4 Å². The molecule has 3 rings (SSSR count). The molecule has 0 unspecified atom stereocenters. The first kappa shape index (κ1) is 20.1. The highest BCUT2D eigenvalue weighted by atomic mass is 16.5. The van der Waals surface area contributed by atoms with Gasteiger partial charge in [-0.25, -0.2) is 0 Å². The van der Waals surface area contributed by atoms with Crippen LogP contribution in [0.15, 0.2) is 40.8 Å². The maximum atomic E-state index is 12.5. The molecule has 8 heteroatoms.